The van der Waals surface area contributed by atoms with Gasteiger partial charge in [-0.15, -0.1) is 10.2 Å². The van der Waals surface area contributed by atoms with E-state index < -0.39 is 5.82 Å². The van der Waals surface area contributed by atoms with Gasteiger partial charge in [-0.05, 0) is 79.8 Å². The highest BCUT2D eigenvalue weighted by Gasteiger charge is 2.30. The number of aromatic nitrogens is 2. The molecule has 0 atom stereocenters. The molecule has 38 heavy (non-hydrogen) atoms. The van der Waals surface area contributed by atoms with E-state index in [0.29, 0.717) is 32.1 Å². The molecule has 2 amide bonds. The van der Waals surface area contributed by atoms with Crippen molar-refractivity contribution in [3.05, 3.63) is 72.0 Å². The Morgan fingerprint density at radius 2 is 1.82 bits per heavy atom. The van der Waals surface area contributed by atoms with E-state index in [-0.39, 0.29) is 23.9 Å². The number of nitrogens with zero attached hydrogens (tertiary/aromatic N) is 5. The van der Waals surface area contributed by atoms with Crippen LogP contribution in [-0.4, -0.2) is 78.2 Å². The van der Waals surface area contributed by atoms with Crippen molar-refractivity contribution in [2.24, 2.45) is 5.92 Å². The summed E-state index contributed by atoms with van der Waals surface area (Å²) in [6.07, 6.45) is 2.89. The van der Waals surface area contributed by atoms with E-state index in [0.717, 1.165) is 48.6 Å². The predicted octanol–water partition coefficient (Wildman–Crippen LogP) is 3.88. The van der Waals surface area contributed by atoms with Crippen LogP contribution in [0.5, 0.6) is 5.75 Å². The number of hydrogen-bond acceptors (Lipinski definition) is 6. The van der Waals surface area contributed by atoms with Gasteiger partial charge in [0.2, 0.25) is 5.91 Å². The molecule has 1 saturated heterocycles. The van der Waals surface area contributed by atoms with Crippen molar-refractivity contribution in [3.63, 3.8) is 0 Å². The number of methoxy groups -OCH3 is 1. The molecular weight excluding hydrogens is 485 g/mol. The van der Waals surface area contributed by atoms with Crippen LogP contribution in [0.1, 0.15) is 29.6 Å². The SMILES string of the molecule is COc1ccc(-c2ccc(N3CCCN(C(=O)CN(CC4CC4)C(=O)c4cccc(F)c4)CC3)nn2)cc1. The van der Waals surface area contributed by atoms with Crippen molar-refractivity contribution < 1.29 is 18.7 Å². The van der Waals surface area contributed by atoms with E-state index in [2.05, 4.69) is 15.1 Å². The quantitative estimate of drug-likeness (QED) is 0.451. The lowest BCUT2D eigenvalue weighted by molar-refractivity contribution is -0.131. The molecule has 9 heteroatoms. The maximum atomic E-state index is 13.7. The van der Waals surface area contributed by atoms with Gasteiger partial charge >= 0.3 is 0 Å². The number of carbonyl (C=O) groups is 2. The monoisotopic (exact) mass is 517 g/mol. The second kappa shape index (κ2) is 11.6. The van der Waals surface area contributed by atoms with Gasteiger partial charge in [0.1, 0.15) is 18.1 Å². The van der Waals surface area contributed by atoms with Crippen LogP contribution in [-0.2, 0) is 4.79 Å². The zero-order valence-electron chi connectivity index (χ0n) is 21.6. The summed E-state index contributed by atoms with van der Waals surface area (Å²) in [5.74, 6) is 1.14. The predicted molar refractivity (Wildman–Crippen MR) is 142 cm³/mol. The third-order valence-electron chi connectivity index (χ3n) is 7.07. The number of anilines is 1. The van der Waals surface area contributed by atoms with Gasteiger partial charge in [-0.1, -0.05) is 6.07 Å². The Balaban J connectivity index is 1.20. The average Bonchev–Trinajstić information content (AvgIpc) is 3.79. The molecular formula is C29H32FN5O3. The lowest BCUT2D eigenvalue weighted by atomic mass is 10.1. The van der Waals surface area contributed by atoms with Crippen molar-refractivity contribution in [3.8, 4) is 17.0 Å². The van der Waals surface area contributed by atoms with Crippen molar-refractivity contribution in [1.29, 1.82) is 0 Å². The summed E-state index contributed by atoms with van der Waals surface area (Å²) in [5.41, 5.74) is 2.01. The number of ether oxygens (including phenoxy) is 1. The summed E-state index contributed by atoms with van der Waals surface area (Å²) < 4.78 is 18.9. The first kappa shape index (κ1) is 25.6. The number of rotatable bonds is 8. The largest absolute Gasteiger partial charge is 0.497 e. The third-order valence-corrected chi connectivity index (χ3v) is 7.07. The number of benzene rings is 2. The minimum absolute atomic E-state index is 0.00219. The summed E-state index contributed by atoms with van der Waals surface area (Å²) in [7, 11) is 1.64. The summed E-state index contributed by atoms with van der Waals surface area (Å²) in [4.78, 5) is 31.9. The number of amides is 2. The van der Waals surface area contributed by atoms with Gasteiger partial charge in [0, 0.05) is 43.9 Å². The first-order chi connectivity index (χ1) is 18.5. The van der Waals surface area contributed by atoms with Crippen molar-refractivity contribution >= 4 is 17.6 Å². The zero-order chi connectivity index (χ0) is 26.5. The van der Waals surface area contributed by atoms with Crippen LogP contribution in [0, 0.1) is 11.7 Å². The van der Waals surface area contributed by atoms with Crippen LogP contribution < -0.4 is 9.64 Å². The van der Waals surface area contributed by atoms with E-state index in [1.807, 2.05) is 41.3 Å². The van der Waals surface area contributed by atoms with E-state index in [9.17, 15) is 14.0 Å². The van der Waals surface area contributed by atoms with Gasteiger partial charge in [-0.3, -0.25) is 9.59 Å². The molecule has 0 bridgehead atoms. The fourth-order valence-corrected chi connectivity index (χ4v) is 4.70. The lowest BCUT2D eigenvalue weighted by Crippen LogP contribution is -2.45. The molecule has 3 aromatic rings. The number of hydrogen-bond donors (Lipinski definition) is 0. The van der Waals surface area contributed by atoms with Gasteiger partial charge in [0.15, 0.2) is 5.82 Å². The van der Waals surface area contributed by atoms with E-state index in [1.54, 1.807) is 18.1 Å². The third kappa shape index (κ3) is 6.27. The number of halogens is 1. The molecule has 1 aliphatic heterocycles. The van der Waals surface area contributed by atoms with Crippen LogP contribution in [0.15, 0.2) is 60.7 Å². The summed E-state index contributed by atoms with van der Waals surface area (Å²) in [6.45, 7) is 3.06. The molecule has 5 rings (SSSR count). The topological polar surface area (TPSA) is 78.9 Å². The summed E-state index contributed by atoms with van der Waals surface area (Å²) in [5, 5.41) is 8.85. The smallest absolute Gasteiger partial charge is 0.254 e. The summed E-state index contributed by atoms with van der Waals surface area (Å²) in [6, 6.07) is 17.3. The molecule has 1 aliphatic carbocycles. The highest BCUT2D eigenvalue weighted by atomic mass is 19.1. The van der Waals surface area contributed by atoms with Crippen molar-refractivity contribution in [1.82, 2.24) is 20.0 Å². The average molecular weight is 518 g/mol. The molecule has 0 unspecified atom stereocenters. The summed E-state index contributed by atoms with van der Waals surface area (Å²) >= 11 is 0. The molecule has 8 nitrogen and oxygen atoms in total. The molecule has 2 aliphatic rings. The molecule has 2 fully saturated rings. The first-order valence-electron chi connectivity index (χ1n) is 13.1. The van der Waals surface area contributed by atoms with E-state index >= 15 is 0 Å². The van der Waals surface area contributed by atoms with E-state index in [4.69, 9.17) is 4.74 Å². The molecule has 198 valence electrons. The van der Waals surface area contributed by atoms with Crippen LogP contribution >= 0.6 is 0 Å². The molecule has 2 heterocycles. The normalized spacial score (nSPS) is 15.6. The highest BCUT2D eigenvalue weighted by molar-refractivity contribution is 5.96. The molecule has 0 radical (unpaired) electrons. The highest BCUT2D eigenvalue weighted by Crippen LogP contribution is 2.30. The maximum absolute atomic E-state index is 13.7. The lowest BCUT2D eigenvalue weighted by Gasteiger charge is -2.27. The second-order valence-corrected chi connectivity index (χ2v) is 9.87. The Morgan fingerprint density at radius 1 is 1.00 bits per heavy atom. The molecule has 0 N–H and O–H groups in total. The minimum atomic E-state index is -0.457. The fraction of sp³-hybridized carbons (Fsp3) is 0.379. The maximum Gasteiger partial charge on any atom is 0.254 e. The Kier molecular flexibility index (Phi) is 7.81. The Bertz CT molecular complexity index is 1260. The van der Waals surface area contributed by atoms with Gasteiger partial charge < -0.3 is 19.4 Å². The number of carbonyl (C=O) groups excluding carboxylic acids is 2. The Hall–Kier alpha value is -4.01. The molecule has 1 aromatic heterocycles. The van der Waals surface area contributed by atoms with Gasteiger partial charge in [0.05, 0.1) is 12.8 Å². The Morgan fingerprint density at radius 3 is 2.50 bits per heavy atom. The molecule has 1 saturated carbocycles. The zero-order valence-corrected chi connectivity index (χ0v) is 21.6. The van der Waals surface area contributed by atoms with Crippen LogP contribution in [0.3, 0.4) is 0 Å². The first-order valence-corrected chi connectivity index (χ1v) is 13.1. The molecule has 2 aromatic carbocycles. The van der Waals surface area contributed by atoms with Gasteiger partial charge in [-0.25, -0.2) is 4.39 Å². The minimum Gasteiger partial charge on any atom is -0.497 e. The second-order valence-electron chi connectivity index (χ2n) is 9.87. The van der Waals surface area contributed by atoms with Crippen LogP contribution in [0.2, 0.25) is 0 Å². The van der Waals surface area contributed by atoms with Crippen LogP contribution in [0.25, 0.3) is 11.3 Å². The van der Waals surface area contributed by atoms with Gasteiger partial charge in [-0.2, -0.15) is 0 Å². The molecule has 0 spiro atoms. The standard InChI is InChI=1S/C29H32FN5O3/c1-38-25-10-8-22(9-11-25)26-12-13-27(32-31-26)33-14-3-15-34(17-16-33)28(36)20-35(19-21-6-7-21)29(37)23-4-2-5-24(30)18-23/h2,4-5,8-13,18,21H,3,6-7,14-17,19-20H2,1H3. The van der Waals surface area contributed by atoms with Gasteiger partial charge in [0.25, 0.3) is 5.91 Å². The Labute approximate surface area is 222 Å². The van der Waals surface area contributed by atoms with Crippen molar-refractivity contribution in [2.45, 2.75) is 19.3 Å². The van der Waals surface area contributed by atoms with Crippen molar-refractivity contribution in [2.75, 3.05) is 51.3 Å². The van der Waals surface area contributed by atoms with Crippen LogP contribution in [0.4, 0.5) is 10.2 Å². The van der Waals surface area contributed by atoms with E-state index in [1.165, 1.54) is 18.2 Å². The fourth-order valence-electron chi connectivity index (χ4n) is 4.70.